The monoisotopic (exact) mass is 350 g/mol. The van der Waals surface area contributed by atoms with Gasteiger partial charge in [0.15, 0.2) is 0 Å². The highest BCUT2D eigenvalue weighted by atomic mass is 35.5. The Morgan fingerprint density at radius 1 is 1.13 bits per heavy atom. The van der Waals surface area contributed by atoms with E-state index in [0.29, 0.717) is 10.9 Å². The molecule has 1 amide bonds. The van der Waals surface area contributed by atoms with Gasteiger partial charge in [0.2, 0.25) is 0 Å². The van der Waals surface area contributed by atoms with Crippen LogP contribution >= 0.6 is 23.2 Å². The van der Waals surface area contributed by atoms with E-state index in [1.165, 1.54) is 30.5 Å². The van der Waals surface area contributed by atoms with E-state index < -0.39 is 17.5 Å². The van der Waals surface area contributed by atoms with Crippen molar-refractivity contribution in [2.75, 3.05) is 5.32 Å². The molecule has 0 atom stereocenters. The van der Waals surface area contributed by atoms with Crippen LogP contribution in [0.1, 0.15) is 10.4 Å². The molecule has 1 heterocycles. The van der Waals surface area contributed by atoms with Crippen molar-refractivity contribution in [1.82, 2.24) is 4.98 Å². The van der Waals surface area contributed by atoms with Crippen LogP contribution in [0.15, 0.2) is 42.6 Å². The second-order valence-corrected chi connectivity index (χ2v) is 5.56. The second-order valence-electron chi connectivity index (χ2n) is 4.78. The van der Waals surface area contributed by atoms with E-state index in [4.69, 9.17) is 23.2 Å². The third kappa shape index (κ3) is 2.93. The Labute approximate surface area is 140 Å². The number of rotatable bonds is 3. The van der Waals surface area contributed by atoms with Crippen LogP contribution in [-0.2, 0) is 4.79 Å². The van der Waals surface area contributed by atoms with Gasteiger partial charge in [-0.1, -0.05) is 29.3 Å². The first-order chi connectivity index (χ1) is 11.0. The molecule has 0 radical (unpaired) electrons. The Balaban J connectivity index is 1.90. The molecular formula is C16H9Cl2FN2O2. The van der Waals surface area contributed by atoms with Crippen LogP contribution in [0, 0.1) is 5.82 Å². The smallest absolute Gasteiger partial charge is 0.296 e. The summed E-state index contributed by atoms with van der Waals surface area (Å²) in [4.78, 5) is 27.2. The highest BCUT2D eigenvalue weighted by molar-refractivity contribution is 6.50. The number of benzene rings is 2. The lowest BCUT2D eigenvalue weighted by Gasteiger charge is -2.07. The molecule has 3 rings (SSSR count). The molecule has 0 unspecified atom stereocenters. The molecule has 0 spiro atoms. The first kappa shape index (κ1) is 15.5. The third-order valence-electron chi connectivity index (χ3n) is 3.29. The summed E-state index contributed by atoms with van der Waals surface area (Å²) in [5.41, 5.74) is 0.820. The summed E-state index contributed by atoms with van der Waals surface area (Å²) in [5, 5.41) is 3.30. The van der Waals surface area contributed by atoms with Gasteiger partial charge < -0.3 is 10.3 Å². The van der Waals surface area contributed by atoms with Gasteiger partial charge in [0.05, 0.1) is 21.3 Å². The van der Waals surface area contributed by atoms with E-state index in [9.17, 15) is 14.0 Å². The van der Waals surface area contributed by atoms with Crippen LogP contribution in [0.3, 0.4) is 0 Å². The second kappa shape index (κ2) is 6.02. The van der Waals surface area contributed by atoms with Gasteiger partial charge in [-0.3, -0.25) is 9.59 Å². The molecule has 116 valence electrons. The van der Waals surface area contributed by atoms with Crippen LogP contribution < -0.4 is 5.32 Å². The molecular weight excluding hydrogens is 342 g/mol. The minimum Gasteiger partial charge on any atom is -0.360 e. The maximum absolute atomic E-state index is 13.2. The fourth-order valence-corrected chi connectivity index (χ4v) is 2.54. The zero-order valence-corrected chi connectivity index (χ0v) is 13.0. The normalized spacial score (nSPS) is 10.7. The molecule has 0 aliphatic heterocycles. The number of aromatic nitrogens is 1. The van der Waals surface area contributed by atoms with E-state index in [1.54, 1.807) is 12.1 Å². The maximum atomic E-state index is 13.2. The van der Waals surface area contributed by atoms with Crippen molar-refractivity contribution >= 4 is 51.5 Å². The number of nitrogens with one attached hydrogen (secondary N) is 2. The molecule has 1 aromatic heterocycles. The average Bonchev–Trinajstić information content (AvgIpc) is 2.93. The lowest BCUT2D eigenvalue weighted by atomic mass is 10.1. The number of anilines is 1. The SMILES string of the molecule is O=C(Nc1cccc(Cl)c1Cl)C(=O)c1c[nH]c2cc(F)ccc12. The van der Waals surface area contributed by atoms with Gasteiger partial charge in [0.25, 0.3) is 11.7 Å². The number of hydrogen-bond acceptors (Lipinski definition) is 2. The summed E-state index contributed by atoms with van der Waals surface area (Å²) in [5.74, 6) is -2.06. The van der Waals surface area contributed by atoms with Crippen molar-refractivity contribution in [2.45, 2.75) is 0 Å². The lowest BCUT2D eigenvalue weighted by molar-refractivity contribution is -0.112. The fourth-order valence-electron chi connectivity index (χ4n) is 2.19. The third-order valence-corrected chi connectivity index (χ3v) is 4.11. The predicted molar refractivity (Wildman–Crippen MR) is 87.7 cm³/mol. The van der Waals surface area contributed by atoms with Crippen molar-refractivity contribution in [3.05, 3.63) is 64.0 Å². The number of amides is 1. The van der Waals surface area contributed by atoms with Gasteiger partial charge in [-0.25, -0.2) is 4.39 Å². The van der Waals surface area contributed by atoms with Crippen LogP contribution in [0.5, 0.6) is 0 Å². The zero-order valence-electron chi connectivity index (χ0n) is 11.5. The van der Waals surface area contributed by atoms with Gasteiger partial charge in [-0.2, -0.15) is 0 Å². The fraction of sp³-hybridized carbons (Fsp3) is 0. The molecule has 0 bridgehead atoms. The molecule has 0 fully saturated rings. The minimum absolute atomic E-state index is 0.149. The average molecular weight is 351 g/mol. The van der Waals surface area contributed by atoms with Crippen molar-refractivity contribution in [2.24, 2.45) is 0 Å². The quantitative estimate of drug-likeness (QED) is 0.542. The van der Waals surface area contributed by atoms with Gasteiger partial charge >= 0.3 is 0 Å². The van der Waals surface area contributed by atoms with E-state index >= 15 is 0 Å². The summed E-state index contributed by atoms with van der Waals surface area (Å²) < 4.78 is 13.2. The molecule has 23 heavy (non-hydrogen) atoms. The number of halogens is 3. The molecule has 2 aromatic carbocycles. The molecule has 4 nitrogen and oxygen atoms in total. The molecule has 3 aromatic rings. The van der Waals surface area contributed by atoms with Gasteiger partial charge in [-0.15, -0.1) is 0 Å². The first-order valence-corrected chi connectivity index (χ1v) is 7.29. The molecule has 0 aliphatic rings. The van der Waals surface area contributed by atoms with Crippen molar-refractivity contribution in [3.8, 4) is 0 Å². The van der Waals surface area contributed by atoms with Crippen LogP contribution in [-0.4, -0.2) is 16.7 Å². The van der Waals surface area contributed by atoms with E-state index in [1.807, 2.05) is 0 Å². The summed E-state index contributed by atoms with van der Waals surface area (Å²) in [7, 11) is 0. The number of carbonyl (C=O) groups excluding carboxylic acids is 2. The summed E-state index contributed by atoms with van der Waals surface area (Å²) >= 11 is 11.8. The Hall–Kier alpha value is -2.37. The minimum atomic E-state index is -0.862. The van der Waals surface area contributed by atoms with Gasteiger partial charge in [0.1, 0.15) is 5.82 Å². The summed E-state index contributed by atoms with van der Waals surface area (Å²) in [6.45, 7) is 0. The Bertz CT molecular complexity index is 937. The number of Topliss-reactive ketones (excluding diaryl/α,β-unsaturated/α-hetero) is 1. The number of aromatic amines is 1. The number of carbonyl (C=O) groups is 2. The van der Waals surface area contributed by atoms with E-state index in [0.717, 1.165) is 0 Å². The summed E-state index contributed by atoms with van der Waals surface area (Å²) in [6, 6.07) is 8.60. The number of H-pyrrole nitrogens is 1. The number of hydrogen-bond donors (Lipinski definition) is 2. The predicted octanol–water partition coefficient (Wildman–Crippen LogP) is 4.44. The van der Waals surface area contributed by atoms with E-state index in [-0.39, 0.29) is 21.3 Å². The van der Waals surface area contributed by atoms with Crippen molar-refractivity contribution in [3.63, 3.8) is 0 Å². The highest BCUT2D eigenvalue weighted by Gasteiger charge is 2.21. The van der Waals surface area contributed by atoms with Crippen LogP contribution in [0.4, 0.5) is 10.1 Å². The van der Waals surface area contributed by atoms with Crippen LogP contribution in [0.2, 0.25) is 10.0 Å². The largest absolute Gasteiger partial charge is 0.360 e. The molecule has 0 saturated heterocycles. The van der Waals surface area contributed by atoms with E-state index in [2.05, 4.69) is 10.3 Å². The lowest BCUT2D eigenvalue weighted by Crippen LogP contribution is -2.22. The van der Waals surface area contributed by atoms with Crippen molar-refractivity contribution < 1.29 is 14.0 Å². The van der Waals surface area contributed by atoms with Crippen molar-refractivity contribution in [1.29, 1.82) is 0 Å². The Morgan fingerprint density at radius 2 is 1.91 bits per heavy atom. The zero-order chi connectivity index (χ0) is 16.6. The molecule has 2 N–H and O–H groups in total. The maximum Gasteiger partial charge on any atom is 0.296 e. The molecule has 0 aliphatic carbocycles. The topological polar surface area (TPSA) is 62.0 Å². The Morgan fingerprint density at radius 3 is 2.70 bits per heavy atom. The summed E-state index contributed by atoms with van der Waals surface area (Å²) in [6.07, 6.45) is 1.37. The first-order valence-electron chi connectivity index (χ1n) is 6.53. The number of ketones is 1. The standard InChI is InChI=1S/C16H9Cl2FN2O2/c17-11-2-1-3-12(14(11)18)21-16(23)15(22)10-7-20-13-6-8(19)4-5-9(10)13/h1-7,20H,(H,21,23). The molecule has 0 saturated carbocycles. The van der Waals surface area contributed by atoms with Gasteiger partial charge in [0, 0.05) is 17.1 Å². The Kier molecular flexibility index (Phi) is 4.07. The highest BCUT2D eigenvalue weighted by Crippen LogP contribution is 2.29. The van der Waals surface area contributed by atoms with Crippen LogP contribution in [0.25, 0.3) is 10.9 Å². The van der Waals surface area contributed by atoms with Gasteiger partial charge in [-0.05, 0) is 30.3 Å². The molecule has 7 heteroatoms. The number of fused-ring (bicyclic) bond motifs is 1.